The van der Waals surface area contributed by atoms with E-state index in [0.29, 0.717) is 37.3 Å². The molecule has 0 spiro atoms. The van der Waals surface area contributed by atoms with Gasteiger partial charge in [0.25, 0.3) is 5.91 Å². The van der Waals surface area contributed by atoms with Gasteiger partial charge in [-0.3, -0.25) is 14.4 Å². The van der Waals surface area contributed by atoms with Crippen LogP contribution in [0, 0.1) is 0 Å². The zero-order chi connectivity index (χ0) is 24.0. The van der Waals surface area contributed by atoms with Crippen molar-refractivity contribution in [2.24, 2.45) is 0 Å². The summed E-state index contributed by atoms with van der Waals surface area (Å²) >= 11 is 0. The number of nitrogens with zero attached hydrogens (tertiary/aromatic N) is 2. The molecule has 1 aromatic rings. The lowest BCUT2D eigenvalue weighted by molar-refractivity contribution is -0.143. The summed E-state index contributed by atoms with van der Waals surface area (Å²) in [6, 6.07) is 8.38. The molecule has 7 nitrogen and oxygen atoms in total. The van der Waals surface area contributed by atoms with Gasteiger partial charge in [0.15, 0.2) is 5.78 Å². The van der Waals surface area contributed by atoms with Gasteiger partial charge in [-0.05, 0) is 81.6 Å². The lowest BCUT2D eigenvalue weighted by atomic mass is 9.80. The summed E-state index contributed by atoms with van der Waals surface area (Å²) in [7, 11) is 0. The Hall–Kier alpha value is -2.25. The zero-order valence-electron chi connectivity index (χ0n) is 20.5. The van der Waals surface area contributed by atoms with Crippen molar-refractivity contribution >= 4 is 17.6 Å². The predicted molar refractivity (Wildman–Crippen MR) is 131 cm³/mol. The molecule has 3 aliphatic heterocycles. The van der Waals surface area contributed by atoms with Crippen molar-refractivity contribution < 1.29 is 19.1 Å². The minimum Gasteiger partial charge on any atom is -0.368 e. The summed E-state index contributed by atoms with van der Waals surface area (Å²) in [5.74, 6) is 0.246. The first-order valence-corrected chi connectivity index (χ1v) is 13.7. The first kappa shape index (κ1) is 23.2. The van der Waals surface area contributed by atoms with Gasteiger partial charge in [-0.25, -0.2) is 0 Å². The van der Waals surface area contributed by atoms with Crippen LogP contribution in [0.4, 0.5) is 0 Å². The van der Waals surface area contributed by atoms with Gasteiger partial charge in [-0.15, -0.1) is 0 Å². The van der Waals surface area contributed by atoms with Crippen LogP contribution in [-0.4, -0.2) is 77.4 Å². The Morgan fingerprint density at radius 1 is 0.914 bits per heavy atom. The molecule has 0 unspecified atom stereocenters. The standard InChI is InChI=1S/C28H37N3O4/c32-23-18-35-24-12-17-31(25(23)24)27(34)28(13-2-1-3-14-28)29-26(33)21-6-4-19(5-7-21)20-10-15-30(16-11-20)22-8-9-22/h4-7,20,22,24-25H,1-3,8-18H2,(H,29,33)/t24-,25-/m1/s1. The van der Waals surface area contributed by atoms with E-state index in [1.165, 1.54) is 44.3 Å². The van der Waals surface area contributed by atoms with E-state index in [2.05, 4.69) is 22.3 Å². The highest BCUT2D eigenvalue weighted by molar-refractivity contribution is 6.01. The van der Waals surface area contributed by atoms with E-state index < -0.39 is 11.6 Å². The minimum absolute atomic E-state index is 0.0170. The van der Waals surface area contributed by atoms with E-state index >= 15 is 0 Å². The molecule has 2 saturated carbocycles. The number of ketones is 1. The molecule has 2 atom stereocenters. The number of Topliss-reactive ketones (excluding diaryl/α,β-unsaturated/α-hetero) is 1. The van der Waals surface area contributed by atoms with Crippen LogP contribution < -0.4 is 5.32 Å². The Morgan fingerprint density at radius 2 is 1.63 bits per heavy atom. The Kier molecular flexibility index (Phi) is 6.17. The number of hydrogen-bond donors (Lipinski definition) is 1. The van der Waals surface area contributed by atoms with Crippen LogP contribution in [0.25, 0.3) is 0 Å². The van der Waals surface area contributed by atoms with E-state index in [4.69, 9.17) is 4.74 Å². The molecule has 1 aromatic carbocycles. The largest absolute Gasteiger partial charge is 0.368 e. The van der Waals surface area contributed by atoms with Crippen molar-refractivity contribution in [2.45, 2.75) is 93.9 Å². The van der Waals surface area contributed by atoms with E-state index in [1.807, 2.05) is 12.1 Å². The summed E-state index contributed by atoms with van der Waals surface area (Å²) in [6.07, 6.45) is 9.69. The number of nitrogens with one attached hydrogen (secondary N) is 1. The molecule has 0 bridgehead atoms. The van der Waals surface area contributed by atoms with Crippen molar-refractivity contribution in [3.63, 3.8) is 0 Å². The summed E-state index contributed by atoms with van der Waals surface area (Å²) in [4.78, 5) is 43.9. The smallest absolute Gasteiger partial charge is 0.252 e. The third kappa shape index (κ3) is 4.42. The zero-order valence-corrected chi connectivity index (χ0v) is 20.5. The van der Waals surface area contributed by atoms with Crippen molar-refractivity contribution in [3.8, 4) is 0 Å². The average molecular weight is 480 g/mol. The topological polar surface area (TPSA) is 79.0 Å². The summed E-state index contributed by atoms with van der Waals surface area (Å²) in [5, 5.41) is 3.16. The van der Waals surface area contributed by atoms with Gasteiger partial charge in [0.1, 0.15) is 18.2 Å². The molecule has 5 fully saturated rings. The number of carbonyl (C=O) groups excluding carboxylic acids is 3. The number of amides is 2. The number of piperidine rings is 1. The Morgan fingerprint density at radius 3 is 2.31 bits per heavy atom. The normalized spacial score (nSPS) is 29.3. The summed E-state index contributed by atoms with van der Waals surface area (Å²) < 4.78 is 5.59. The predicted octanol–water partition coefficient (Wildman–Crippen LogP) is 3.03. The van der Waals surface area contributed by atoms with Gasteiger partial charge in [0, 0.05) is 18.2 Å². The van der Waals surface area contributed by atoms with Crippen LogP contribution in [0.5, 0.6) is 0 Å². The lowest BCUT2D eigenvalue weighted by Crippen LogP contribution is -2.62. The molecule has 3 heterocycles. The molecule has 7 heteroatoms. The lowest BCUT2D eigenvalue weighted by Gasteiger charge is -2.40. The summed E-state index contributed by atoms with van der Waals surface area (Å²) in [6.45, 7) is 2.96. The van der Waals surface area contributed by atoms with E-state index in [9.17, 15) is 14.4 Å². The minimum atomic E-state index is -0.929. The number of ether oxygens (including phenoxy) is 1. The van der Waals surface area contributed by atoms with Gasteiger partial charge in [-0.1, -0.05) is 31.4 Å². The van der Waals surface area contributed by atoms with Crippen molar-refractivity contribution in [1.82, 2.24) is 15.1 Å². The number of fused-ring (bicyclic) bond motifs is 1. The number of benzene rings is 1. The molecule has 2 amide bonds. The van der Waals surface area contributed by atoms with Gasteiger partial charge < -0.3 is 19.9 Å². The number of hydrogen-bond acceptors (Lipinski definition) is 5. The first-order chi connectivity index (χ1) is 17.0. The molecule has 35 heavy (non-hydrogen) atoms. The molecular formula is C28H37N3O4. The average Bonchev–Trinajstić information content (AvgIpc) is 3.56. The SMILES string of the molecule is O=C(NC1(C(=O)N2CC[C@H]3OCC(=O)[C@H]32)CCCCC1)c1ccc(C2CCN(C3CC3)CC2)cc1. The molecule has 188 valence electrons. The Bertz CT molecular complexity index is 974. The monoisotopic (exact) mass is 479 g/mol. The van der Waals surface area contributed by atoms with Crippen molar-refractivity contribution in [1.29, 1.82) is 0 Å². The van der Waals surface area contributed by atoms with Crippen molar-refractivity contribution in [3.05, 3.63) is 35.4 Å². The third-order valence-electron chi connectivity index (χ3n) is 9.08. The maximum Gasteiger partial charge on any atom is 0.252 e. The quantitative estimate of drug-likeness (QED) is 0.702. The van der Waals surface area contributed by atoms with Gasteiger partial charge in [0.2, 0.25) is 5.91 Å². The highest BCUT2D eigenvalue weighted by Crippen LogP contribution is 2.36. The van der Waals surface area contributed by atoms with E-state index in [1.54, 1.807) is 4.90 Å². The van der Waals surface area contributed by atoms with Gasteiger partial charge in [-0.2, -0.15) is 0 Å². The van der Waals surface area contributed by atoms with Gasteiger partial charge in [0.05, 0.1) is 6.10 Å². The van der Waals surface area contributed by atoms with Crippen molar-refractivity contribution in [2.75, 3.05) is 26.2 Å². The number of rotatable bonds is 5. The second kappa shape index (κ2) is 9.32. The molecule has 0 aromatic heterocycles. The Labute approximate surface area is 207 Å². The fourth-order valence-electron chi connectivity index (χ4n) is 6.88. The highest BCUT2D eigenvalue weighted by atomic mass is 16.5. The Balaban J connectivity index is 1.14. The molecule has 5 aliphatic rings. The molecular weight excluding hydrogens is 442 g/mol. The van der Waals surface area contributed by atoms with Crippen LogP contribution >= 0.6 is 0 Å². The first-order valence-electron chi connectivity index (χ1n) is 13.7. The van der Waals surface area contributed by atoms with Crippen LogP contribution in [0.2, 0.25) is 0 Å². The molecule has 0 radical (unpaired) electrons. The number of likely N-dealkylation sites (tertiary alicyclic amines) is 2. The summed E-state index contributed by atoms with van der Waals surface area (Å²) in [5.41, 5.74) is 0.978. The van der Waals surface area contributed by atoms with E-state index in [-0.39, 0.29) is 30.3 Å². The van der Waals surface area contributed by atoms with Crippen LogP contribution in [0.3, 0.4) is 0 Å². The second-order valence-corrected chi connectivity index (χ2v) is 11.3. The maximum absolute atomic E-state index is 13.8. The van der Waals surface area contributed by atoms with E-state index in [0.717, 1.165) is 25.3 Å². The molecule has 6 rings (SSSR count). The number of carbonyl (C=O) groups is 3. The van der Waals surface area contributed by atoms with Crippen LogP contribution in [-0.2, 0) is 14.3 Å². The second-order valence-electron chi connectivity index (χ2n) is 11.3. The fraction of sp³-hybridized carbons (Fsp3) is 0.679. The maximum atomic E-state index is 13.8. The molecule has 3 saturated heterocycles. The fourth-order valence-corrected chi connectivity index (χ4v) is 6.88. The molecule has 2 aliphatic carbocycles. The van der Waals surface area contributed by atoms with Crippen LogP contribution in [0.1, 0.15) is 86.0 Å². The molecule has 1 N–H and O–H groups in total. The third-order valence-corrected chi connectivity index (χ3v) is 9.08. The highest BCUT2D eigenvalue weighted by Gasteiger charge is 2.52. The van der Waals surface area contributed by atoms with Crippen LogP contribution in [0.15, 0.2) is 24.3 Å². The van der Waals surface area contributed by atoms with Gasteiger partial charge >= 0.3 is 0 Å².